The summed E-state index contributed by atoms with van der Waals surface area (Å²) in [5.74, 6) is 0. The standard InChI is InChI=1S/C2H6O.Na.H2O2.H2O/c1-2-3;;1-2;/h3H,2H2,1H3;;1-2H;1H2/q;+1;;/p-1. The fourth-order valence-corrected chi connectivity index (χ4v) is 0. The van der Waals surface area contributed by atoms with Crippen LogP contribution < -0.4 is 29.6 Å². The van der Waals surface area contributed by atoms with Crippen LogP contribution in [0.3, 0.4) is 0 Å². The van der Waals surface area contributed by atoms with Gasteiger partial charge >= 0.3 is 29.6 Å². The average molecular weight is 120 g/mol. The van der Waals surface area contributed by atoms with Crippen LogP contribution in [0.5, 0.6) is 0 Å². The Morgan fingerprint density at radius 1 is 1.29 bits per heavy atom. The smallest absolute Gasteiger partial charge is 0.870 e. The first-order valence-electron chi connectivity index (χ1n) is 1.22. The van der Waals surface area contributed by atoms with Crippen molar-refractivity contribution in [3.05, 3.63) is 0 Å². The summed E-state index contributed by atoms with van der Waals surface area (Å²) in [6, 6.07) is 0. The van der Waals surface area contributed by atoms with Crippen molar-refractivity contribution >= 4 is 0 Å². The van der Waals surface area contributed by atoms with Crippen LogP contribution in [-0.4, -0.2) is 27.7 Å². The topological polar surface area (TPSA) is 90.7 Å². The summed E-state index contributed by atoms with van der Waals surface area (Å²) in [5, 5.41) is 19.6. The molecule has 0 aliphatic heterocycles. The van der Waals surface area contributed by atoms with Crippen molar-refractivity contribution in [2.24, 2.45) is 0 Å². The number of hydrogen-bond donors (Lipinski definition) is 3. The van der Waals surface area contributed by atoms with Gasteiger partial charge in [0.15, 0.2) is 0 Å². The minimum absolute atomic E-state index is 0. The molecule has 0 amide bonds. The van der Waals surface area contributed by atoms with E-state index in [-0.39, 0.29) is 41.6 Å². The minimum Gasteiger partial charge on any atom is -0.870 e. The van der Waals surface area contributed by atoms with Crippen LogP contribution in [0, 0.1) is 0 Å². The molecule has 0 saturated heterocycles. The first-order valence-corrected chi connectivity index (χ1v) is 1.22. The van der Waals surface area contributed by atoms with Crippen LogP contribution in [0.4, 0.5) is 0 Å². The molecule has 4 N–H and O–H groups in total. The summed E-state index contributed by atoms with van der Waals surface area (Å²) in [6.45, 7) is 1.93. The monoisotopic (exact) mass is 120 g/mol. The van der Waals surface area contributed by atoms with E-state index < -0.39 is 0 Å². The van der Waals surface area contributed by atoms with Gasteiger partial charge in [0.2, 0.25) is 0 Å². The van der Waals surface area contributed by atoms with Crippen molar-refractivity contribution in [1.82, 2.24) is 0 Å². The Labute approximate surface area is 64.3 Å². The third-order valence-electron chi connectivity index (χ3n) is 0. The van der Waals surface area contributed by atoms with Gasteiger partial charge in [0.25, 0.3) is 0 Å². The summed E-state index contributed by atoms with van der Waals surface area (Å²) < 4.78 is 0. The van der Waals surface area contributed by atoms with Gasteiger partial charge in [-0.15, -0.1) is 0 Å². The van der Waals surface area contributed by atoms with Gasteiger partial charge in [-0.2, -0.15) is 0 Å². The molecule has 0 unspecified atom stereocenters. The molecule has 42 valence electrons. The van der Waals surface area contributed by atoms with Crippen molar-refractivity contribution in [2.45, 2.75) is 6.92 Å². The van der Waals surface area contributed by atoms with Crippen molar-refractivity contribution in [2.75, 3.05) is 6.61 Å². The minimum atomic E-state index is 0. The molecule has 0 aliphatic rings. The molecule has 4 nitrogen and oxygen atoms in total. The molecule has 0 aliphatic carbocycles. The van der Waals surface area contributed by atoms with Gasteiger partial charge in [-0.3, -0.25) is 10.5 Å². The predicted molar refractivity (Wildman–Crippen MR) is 20.0 cm³/mol. The van der Waals surface area contributed by atoms with Crippen LogP contribution in [0.25, 0.3) is 0 Å². The van der Waals surface area contributed by atoms with Gasteiger partial charge < -0.3 is 10.6 Å². The first kappa shape index (κ1) is 24.9. The molecule has 5 heteroatoms. The Kier molecular flexibility index (Phi) is 245. The maximum absolute atomic E-state index is 7.57. The van der Waals surface area contributed by atoms with Crippen LogP contribution >= 0.6 is 0 Å². The van der Waals surface area contributed by atoms with Gasteiger partial charge in [-0.25, -0.2) is 0 Å². The Morgan fingerprint density at radius 2 is 1.29 bits per heavy atom. The molecule has 0 heterocycles. The molecular weight excluding hydrogens is 111 g/mol. The summed E-state index contributed by atoms with van der Waals surface area (Å²) in [7, 11) is 0. The molecule has 0 fully saturated rings. The van der Waals surface area contributed by atoms with E-state index in [1.165, 1.54) is 0 Å². The van der Waals surface area contributed by atoms with Crippen LogP contribution in [0.15, 0.2) is 0 Å². The number of aliphatic hydroxyl groups is 1. The molecule has 0 atom stereocenters. The maximum Gasteiger partial charge on any atom is 1.00 e. The van der Waals surface area contributed by atoms with Crippen LogP contribution in [0.2, 0.25) is 0 Å². The van der Waals surface area contributed by atoms with E-state index in [2.05, 4.69) is 0 Å². The predicted octanol–water partition coefficient (Wildman–Crippen LogP) is -3.16. The largest absolute Gasteiger partial charge is 1.00 e. The number of hydrogen-bond acceptors (Lipinski definition) is 4. The van der Waals surface area contributed by atoms with E-state index in [0.29, 0.717) is 0 Å². The average Bonchev–Trinajstić information content (AvgIpc) is 1.46. The van der Waals surface area contributed by atoms with Gasteiger partial charge in [0.05, 0.1) is 0 Å². The zero-order valence-electron chi connectivity index (χ0n) is 4.50. The Morgan fingerprint density at radius 3 is 1.29 bits per heavy atom. The summed E-state index contributed by atoms with van der Waals surface area (Å²) >= 11 is 0. The van der Waals surface area contributed by atoms with E-state index >= 15 is 0 Å². The van der Waals surface area contributed by atoms with Crippen molar-refractivity contribution < 1.29 is 50.7 Å². The van der Waals surface area contributed by atoms with Crippen LogP contribution in [0.1, 0.15) is 6.92 Å². The molecule has 0 radical (unpaired) electrons. The van der Waals surface area contributed by atoms with Crippen LogP contribution in [-0.2, 0) is 0 Å². The molecule has 0 rings (SSSR count). The quantitative estimate of drug-likeness (QED) is 0.179. The summed E-state index contributed by atoms with van der Waals surface area (Å²) in [5.41, 5.74) is 0. The van der Waals surface area contributed by atoms with E-state index in [9.17, 15) is 0 Å². The number of aliphatic hydroxyl groups excluding tert-OH is 1. The van der Waals surface area contributed by atoms with Gasteiger partial charge in [0.1, 0.15) is 0 Å². The Hall–Kier alpha value is 0.840. The van der Waals surface area contributed by atoms with Gasteiger partial charge in [0, 0.05) is 6.61 Å². The Bertz CT molecular complexity index is 9.65. The zero-order chi connectivity index (χ0) is 4.71. The van der Waals surface area contributed by atoms with E-state index in [1.54, 1.807) is 6.92 Å². The summed E-state index contributed by atoms with van der Waals surface area (Å²) in [6.07, 6.45) is 0. The second-order valence-corrected chi connectivity index (χ2v) is 0.316. The second-order valence-electron chi connectivity index (χ2n) is 0.316. The normalized spacial score (nSPS) is 3.43. The molecule has 0 saturated carbocycles. The second kappa shape index (κ2) is 68.9. The fourth-order valence-electron chi connectivity index (χ4n) is 0. The SMILES string of the molecule is CCO.OO.[Na+].[OH-]. The zero-order valence-corrected chi connectivity index (χ0v) is 6.50. The van der Waals surface area contributed by atoms with Gasteiger partial charge in [-0.1, -0.05) is 0 Å². The molecule has 0 aromatic heterocycles. The Balaban J connectivity index is -0.0000000105. The third kappa shape index (κ3) is 227. The molecule has 7 heavy (non-hydrogen) atoms. The molecule has 0 bridgehead atoms. The van der Waals surface area contributed by atoms with Gasteiger partial charge in [-0.05, 0) is 6.92 Å². The van der Waals surface area contributed by atoms with Crippen molar-refractivity contribution in [3.8, 4) is 0 Å². The number of rotatable bonds is 0. The summed E-state index contributed by atoms with van der Waals surface area (Å²) in [4.78, 5) is 0. The maximum atomic E-state index is 7.57. The van der Waals surface area contributed by atoms with Crippen molar-refractivity contribution in [1.29, 1.82) is 0 Å². The third-order valence-corrected chi connectivity index (χ3v) is 0. The fraction of sp³-hybridized carbons (Fsp3) is 1.00. The first-order chi connectivity index (χ1) is 2.41. The van der Waals surface area contributed by atoms with E-state index in [4.69, 9.17) is 15.6 Å². The van der Waals surface area contributed by atoms with E-state index in [1.807, 2.05) is 0 Å². The molecular formula is C2H9NaO4. The molecule has 0 aromatic rings. The molecule has 0 spiro atoms. The molecule has 0 aromatic carbocycles. The van der Waals surface area contributed by atoms with Crippen molar-refractivity contribution in [3.63, 3.8) is 0 Å². The van der Waals surface area contributed by atoms with E-state index in [0.717, 1.165) is 0 Å².